The molecule has 0 spiro atoms. The van der Waals surface area contributed by atoms with E-state index in [1.54, 1.807) is 10.9 Å². The quantitative estimate of drug-likeness (QED) is 0.788. The minimum atomic E-state index is -0.512. The lowest BCUT2D eigenvalue weighted by Gasteiger charge is -2.30. The molecule has 2 saturated carbocycles. The Morgan fingerprint density at radius 1 is 1.32 bits per heavy atom. The number of rotatable bonds is 4. The van der Waals surface area contributed by atoms with Gasteiger partial charge in [-0.3, -0.25) is 4.79 Å². The molecule has 0 N–H and O–H groups in total. The zero-order valence-corrected chi connectivity index (χ0v) is 12.9. The van der Waals surface area contributed by atoms with Crippen LogP contribution in [-0.4, -0.2) is 40.1 Å². The number of nitrogens with zero attached hydrogens (tertiary/aromatic N) is 3. The molecule has 0 aliphatic heterocycles. The van der Waals surface area contributed by atoms with Gasteiger partial charge in [0.2, 0.25) is 0 Å². The van der Waals surface area contributed by atoms with Crippen LogP contribution in [0.5, 0.6) is 0 Å². The highest BCUT2D eigenvalue weighted by Gasteiger charge is 2.42. The van der Waals surface area contributed by atoms with E-state index in [4.69, 9.17) is 4.74 Å². The zero-order chi connectivity index (χ0) is 15.7. The molecule has 2 aliphatic carbocycles. The molecule has 1 aromatic heterocycles. The fourth-order valence-corrected chi connectivity index (χ4v) is 3.04. The summed E-state index contributed by atoms with van der Waals surface area (Å²) in [6.45, 7) is 2.06. The van der Waals surface area contributed by atoms with Crippen LogP contribution in [0.3, 0.4) is 0 Å². The largest absolute Gasteiger partial charge is 0.464 e. The molecule has 1 aromatic rings. The monoisotopic (exact) mass is 307 g/mol. The topological polar surface area (TPSA) is 83.3 Å². The Labute approximate surface area is 129 Å². The standard InChI is InChI=1S/C15H21N3O4/c1-9-7-10(9)14(19)22-13-6-4-3-5-12(13)18-8-11(16-17-18)15(20)21-2/h8-10,12-13H,3-7H2,1-2H3/t9-,10-,12+,13-/m0/s1. The van der Waals surface area contributed by atoms with E-state index in [1.807, 2.05) is 0 Å². The van der Waals surface area contributed by atoms with E-state index in [0.717, 1.165) is 32.1 Å². The summed E-state index contributed by atoms with van der Waals surface area (Å²) in [5, 5.41) is 7.85. The Balaban J connectivity index is 1.70. The van der Waals surface area contributed by atoms with E-state index in [1.165, 1.54) is 7.11 Å². The van der Waals surface area contributed by atoms with E-state index in [0.29, 0.717) is 5.92 Å². The van der Waals surface area contributed by atoms with Crippen molar-refractivity contribution in [2.75, 3.05) is 7.11 Å². The van der Waals surface area contributed by atoms with Crippen molar-refractivity contribution in [3.63, 3.8) is 0 Å². The molecule has 0 amide bonds. The van der Waals surface area contributed by atoms with E-state index in [-0.39, 0.29) is 29.7 Å². The molecular weight excluding hydrogens is 286 g/mol. The molecule has 0 bridgehead atoms. The summed E-state index contributed by atoms with van der Waals surface area (Å²) >= 11 is 0. The molecule has 22 heavy (non-hydrogen) atoms. The molecule has 0 aromatic carbocycles. The minimum Gasteiger partial charge on any atom is -0.464 e. The molecular formula is C15H21N3O4. The summed E-state index contributed by atoms with van der Waals surface area (Å²) in [5.74, 6) is -0.115. The first-order valence-electron chi connectivity index (χ1n) is 7.80. The summed E-state index contributed by atoms with van der Waals surface area (Å²) in [4.78, 5) is 23.6. The predicted molar refractivity (Wildman–Crippen MR) is 76.0 cm³/mol. The van der Waals surface area contributed by atoms with Crippen molar-refractivity contribution < 1.29 is 19.1 Å². The van der Waals surface area contributed by atoms with Crippen molar-refractivity contribution in [2.45, 2.75) is 51.2 Å². The molecule has 7 nitrogen and oxygen atoms in total. The Morgan fingerprint density at radius 2 is 2.05 bits per heavy atom. The van der Waals surface area contributed by atoms with Crippen LogP contribution in [0, 0.1) is 11.8 Å². The highest BCUT2D eigenvalue weighted by atomic mass is 16.5. The van der Waals surface area contributed by atoms with Crippen molar-refractivity contribution in [1.82, 2.24) is 15.0 Å². The Hall–Kier alpha value is -1.92. The van der Waals surface area contributed by atoms with Crippen molar-refractivity contribution >= 4 is 11.9 Å². The van der Waals surface area contributed by atoms with Crippen molar-refractivity contribution in [1.29, 1.82) is 0 Å². The molecule has 0 unspecified atom stereocenters. The average molecular weight is 307 g/mol. The summed E-state index contributed by atoms with van der Waals surface area (Å²) in [5.41, 5.74) is 0.175. The van der Waals surface area contributed by atoms with Gasteiger partial charge in [0.25, 0.3) is 0 Å². The highest BCUT2D eigenvalue weighted by molar-refractivity contribution is 5.86. The lowest BCUT2D eigenvalue weighted by atomic mass is 9.92. The van der Waals surface area contributed by atoms with Crippen LogP contribution in [0.25, 0.3) is 0 Å². The second-order valence-corrected chi connectivity index (χ2v) is 6.22. The molecule has 3 rings (SSSR count). The van der Waals surface area contributed by atoms with Gasteiger partial charge in [-0.25, -0.2) is 9.48 Å². The highest BCUT2D eigenvalue weighted by Crippen LogP contribution is 2.40. The minimum absolute atomic E-state index is 0.0577. The van der Waals surface area contributed by atoms with Crippen LogP contribution in [0.1, 0.15) is 55.6 Å². The maximum atomic E-state index is 12.1. The van der Waals surface area contributed by atoms with E-state index >= 15 is 0 Å². The molecule has 120 valence electrons. The summed E-state index contributed by atoms with van der Waals surface area (Å²) in [6, 6.07) is -0.0577. The first-order valence-corrected chi connectivity index (χ1v) is 7.80. The van der Waals surface area contributed by atoms with Crippen LogP contribution in [0.15, 0.2) is 6.20 Å². The van der Waals surface area contributed by atoms with Gasteiger partial charge < -0.3 is 9.47 Å². The van der Waals surface area contributed by atoms with Gasteiger partial charge in [0.1, 0.15) is 6.10 Å². The normalized spacial score (nSPS) is 30.6. The van der Waals surface area contributed by atoms with E-state index < -0.39 is 5.97 Å². The first kappa shape index (κ1) is 15.0. The predicted octanol–water partition coefficient (Wildman–Crippen LogP) is 1.75. The SMILES string of the molecule is COC(=O)c1cn([C@@H]2CCCC[C@@H]2OC(=O)[C@H]2C[C@@H]2C)nn1. The van der Waals surface area contributed by atoms with Gasteiger partial charge in [0.15, 0.2) is 5.69 Å². The fraction of sp³-hybridized carbons (Fsp3) is 0.733. The lowest BCUT2D eigenvalue weighted by Crippen LogP contribution is -2.33. The van der Waals surface area contributed by atoms with Gasteiger partial charge in [-0.05, 0) is 31.6 Å². The van der Waals surface area contributed by atoms with Gasteiger partial charge >= 0.3 is 11.9 Å². The molecule has 2 fully saturated rings. The van der Waals surface area contributed by atoms with Gasteiger partial charge in [0.05, 0.1) is 25.3 Å². The summed E-state index contributed by atoms with van der Waals surface area (Å²) in [7, 11) is 1.31. The number of carbonyl (C=O) groups is 2. The zero-order valence-electron chi connectivity index (χ0n) is 12.9. The smallest absolute Gasteiger partial charge is 0.360 e. The van der Waals surface area contributed by atoms with E-state index in [9.17, 15) is 9.59 Å². The van der Waals surface area contributed by atoms with Gasteiger partial charge in [-0.1, -0.05) is 18.6 Å². The fourth-order valence-electron chi connectivity index (χ4n) is 3.04. The van der Waals surface area contributed by atoms with Crippen LogP contribution in [-0.2, 0) is 14.3 Å². The molecule has 2 aliphatic rings. The third-order valence-corrected chi connectivity index (χ3v) is 4.59. The van der Waals surface area contributed by atoms with Crippen LogP contribution in [0.4, 0.5) is 0 Å². The van der Waals surface area contributed by atoms with Crippen molar-refractivity contribution in [2.24, 2.45) is 11.8 Å². The maximum absolute atomic E-state index is 12.1. The third kappa shape index (κ3) is 2.98. The van der Waals surface area contributed by atoms with Gasteiger partial charge in [-0.15, -0.1) is 5.10 Å². The molecule has 1 heterocycles. The van der Waals surface area contributed by atoms with Gasteiger partial charge in [0, 0.05) is 0 Å². The second kappa shape index (κ2) is 6.06. The average Bonchev–Trinajstić information content (AvgIpc) is 3.07. The molecule has 7 heteroatoms. The number of ether oxygens (including phenoxy) is 2. The summed E-state index contributed by atoms with van der Waals surface area (Å²) in [6.07, 6.45) is 6.07. The number of hydrogen-bond acceptors (Lipinski definition) is 6. The Morgan fingerprint density at radius 3 is 2.73 bits per heavy atom. The van der Waals surface area contributed by atoms with Crippen LogP contribution < -0.4 is 0 Å². The molecule has 4 atom stereocenters. The Bertz CT molecular complexity index is 571. The Kier molecular flexibility index (Phi) is 4.13. The van der Waals surface area contributed by atoms with E-state index in [2.05, 4.69) is 22.0 Å². The lowest BCUT2D eigenvalue weighted by molar-refractivity contribution is -0.155. The number of esters is 2. The van der Waals surface area contributed by atoms with Crippen molar-refractivity contribution in [3.8, 4) is 0 Å². The third-order valence-electron chi connectivity index (χ3n) is 4.59. The second-order valence-electron chi connectivity index (χ2n) is 6.22. The maximum Gasteiger partial charge on any atom is 0.360 e. The van der Waals surface area contributed by atoms with Crippen LogP contribution >= 0.6 is 0 Å². The number of aromatic nitrogens is 3. The number of carbonyl (C=O) groups excluding carboxylic acids is 2. The first-order chi connectivity index (χ1) is 10.6. The van der Waals surface area contributed by atoms with Gasteiger partial charge in [-0.2, -0.15) is 0 Å². The number of hydrogen-bond donors (Lipinski definition) is 0. The molecule has 0 radical (unpaired) electrons. The van der Waals surface area contributed by atoms with Crippen molar-refractivity contribution in [3.05, 3.63) is 11.9 Å². The van der Waals surface area contributed by atoms with Crippen LogP contribution in [0.2, 0.25) is 0 Å². The molecule has 0 saturated heterocycles. The number of methoxy groups -OCH3 is 1. The summed E-state index contributed by atoms with van der Waals surface area (Å²) < 4.78 is 12.0.